The summed E-state index contributed by atoms with van der Waals surface area (Å²) in [5, 5.41) is 0. The van der Waals surface area contributed by atoms with Crippen LogP contribution in [0.5, 0.6) is 11.5 Å². The third-order valence-corrected chi connectivity index (χ3v) is 5.65. The molecule has 6 nitrogen and oxygen atoms in total. The summed E-state index contributed by atoms with van der Waals surface area (Å²) in [6.45, 7) is 5.31. The zero-order chi connectivity index (χ0) is 24.2. The molecule has 0 unspecified atom stereocenters. The Morgan fingerprint density at radius 1 is 0.618 bits per heavy atom. The van der Waals surface area contributed by atoms with Crippen LogP contribution in [0.1, 0.15) is 37.8 Å². The topological polar surface area (TPSA) is 105 Å². The minimum Gasteiger partial charge on any atom is -0.494 e. The Bertz CT molecular complexity index is 1150. The van der Waals surface area contributed by atoms with Gasteiger partial charge in [0.2, 0.25) is 0 Å². The van der Waals surface area contributed by atoms with Crippen molar-refractivity contribution in [1.29, 1.82) is 0 Å². The van der Waals surface area contributed by atoms with Gasteiger partial charge in [0.15, 0.2) is 11.6 Å². The van der Waals surface area contributed by atoms with Crippen LogP contribution in [0.15, 0.2) is 83.2 Å². The first kappa shape index (κ1) is 23.1. The quantitative estimate of drug-likeness (QED) is 0.613. The molecule has 0 saturated heterocycles. The Morgan fingerprint density at radius 2 is 0.971 bits per heavy atom. The third-order valence-electron chi connectivity index (χ3n) is 5.65. The van der Waals surface area contributed by atoms with E-state index in [1.165, 1.54) is 0 Å². The Balaban J connectivity index is 1.67. The second kappa shape index (κ2) is 9.83. The zero-order valence-electron chi connectivity index (χ0n) is 19.4. The highest BCUT2D eigenvalue weighted by atomic mass is 16.5. The fourth-order valence-electron chi connectivity index (χ4n) is 3.96. The molecule has 34 heavy (non-hydrogen) atoms. The molecule has 174 valence electrons. The maximum absolute atomic E-state index is 13.4. The molecule has 0 heterocycles. The number of fused-ring (bicyclic) bond motifs is 1. The third kappa shape index (κ3) is 4.39. The van der Waals surface area contributed by atoms with Crippen molar-refractivity contribution in [2.75, 3.05) is 13.2 Å². The number of allylic oxidation sites excluding steroid dienone is 6. The summed E-state index contributed by atoms with van der Waals surface area (Å²) in [5.74, 6) is 0.805. The molecule has 2 aliphatic carbocycles. The molecule has 6 heteroatoms. The monoisotopic (exact) mass is 456 g/mol. The number of hydrogen-bond donors (Lipinski definition) is 2. The maximum Gasteiger partial charge on any atom is 0.196 e. The average Bonchev–Trinajstić information content (AvgIpc) is 2.85. The molecule has 0 bridgehead atoms. The lowest BCUT2D eigenvalue weighted by molar-refractivity contribution is -0.113. The zero-order valence-corrected chi connectivity index (χ0v) is 19.4. The summed E-state index contributed by atoms with van der Waals surface area (Å²) in [4.78, 5) is 26.8. The predicted molar refractivity (Wildman–Crippen MR) is 133 cm³/mol. The van der Waals surface area contributed by atoms with Gasteiger partial charge in [0.25, 0.3) is 0 Å². The number of carbonyl (C=O) groups is 2. The van der Waals surface area contributed by atoms with E-state index in [9.17, 15) is 9.59 Å². The Hall–Kier alpha value is -4.06. The van der Waals surface area contributed by atoms with E-state index in [0.717, 1.165) is 24.3 Å². The normalized spacial score (nSPS) is 15.7. The second-order valence-corrected chi connectivity index (χ2v) is 8.18. The number of carbonyl (C=O) groups excluding carboxylic acids is 2. The van der Waals surface area contributed by atoms with Gasteiger partial charge in [-0.15, -0.1) is 0 Å². The number of benzene rings is 2. The van der Waals surface area contributed by atoms with E-state index in [1.807, 2.05) is 38.1 Å². The number of rotatable bonds is 8. The number of nitrogens with two attached hydrogens (primary N) is 2. The van der Waals surface area contributed by atoms with Crippen molar-refractivity contribution in [2.45, 2.75) is 26.7 Å². The van der Waals surface area contributed by atoms with Gasteiger partial charge in [-0.05, 0) is 60.4 Å². The van der Waals surface area contributed by atoms with Crippen LogP contribution in [0.3, 0.4) is 0 Å². The maximum atomic E-state index is 13.4. The summed E-state index contributed by atoms with van der Waals surface area (Å²) in [6.07, 6.45) is 4.92. The van der Waals surface area contributed by atoms with E-state index in [4.69, 9.17) is 20.9 Å². The fraction of sp³-hybridized carbons (Fsp3) is 0.214. The lowest BCUT2D eigenvalue weighted by atomic mass is 9.78. The molecule has 0 amide bonds. The van der Waals surface area contributed by atoms with Crippen LogP contribution in [-0.4, -0.2) is 24.8 Å². The number of ether oxygens (including phenoxy) is 2. The van der Waals surface area contributed by atoms with Crippen molar-refractivity contribution >= 4 is 22.7 Å². The van der Waals surface area contributed by atoms with Gasteiger partial charge in [-0.1, -0.05) is 38.1 Å². The molecule has 2 aromatic carbocycles. The first-order valence-corrected chi connectivity index (χ1v) is 11.4. The molecule has 0 aromatic heterocycles. The highest BCUT2D eigenvalue weighted by molar-refractivity contribution is 6.42. The average molecular weight is 457 g/mol. The summed E-state index contributed by atoms with van der Waals surface area (Å²) in [6, 6.07) is 14.5. The van der Waals surface area contributed by atoms with Gasteiger partial charge in [-0.2, -0.15) is 0 Å². The van der Waals surface area contributed by atoms with E-state index in [-0.39, 0.29) is 34.1 Å². The highest BCUT2D eigenvalue weighted by Crippen LogP contribution is 2.38. The Kier molecular flexibility index (Phi) is 6.68. The van der Waals surface area contributed by atoms with Gasteiger partial charge in [0.1, 0.15) is 11.5 Å². The predicted octanol–water partition coefficient (Wildman–Crippen LogP) is 4.32. The molecule has 2 aromatic rings. The number of hydrogen-bond acceptors (Lipinski definition) is 6. The van der Waals surface area contributed by atoms with Gasteiger partial charge >= 0.3 is 0 Å². The molecule has 2 aliphatic rings. The van der Waals surface area contributed by atoms with Crippen LogP contribution in [0.4, 0.5) is 0 Å². The largest absolute Gasteiger partial charge is 0.494 e. The molecule has 0 atom stereocenters. The molecule has 0 fully saturated rings. The van der Waals surface area contributed by atoms with Gasteiger partial charge in [0.05, 0.1) is 24.4 Å². The summed E-state index contributed by atoms with van der Waals surface area (Å²) < 4.78 is 11.2. The minimum atomic E-state index is -0.323. The van der Waals surface area contributed by atoms with Crippen molar-refractivity contribution in [2.24, 2.45) is 11.5 Å². The minimum absolute atomic E-state index is 0.151. The van der Waals surface area contributed by atoms with E-state index in [1.54, 1.807) is 36.4 Å². The number of ketones is 2. The van der Waals surface area contributed by atoms with Crippen molar-refractivity contribution < 1.29 is 19.1 Å². The highest BCUT2D eigenvalue weighted by Gasteiger charge is 2.36. The molecular weight excluding hydrogens is 428 g/mol. The van der Waals surface area contributed by atoms with Gasteiger partial charge in [-0.3, -0.25) is 9.59 Å². The van der Waals surface area contributed by atoms with Crippen molar-refractivity contribution in [3.05, 3.63) is 94.4 Å². The first-order valence-electron chi connectivity index (χ1n) is 11.4. The van der Waals surface area contributed by atoms with Crippen LogP contribution in [0.25, 0.3) is 11.1 Å². The van der Waals surface area contributed by atoms with Crippen molar-refractivity contribution in [3.8, 4) is 11.5 Å². The van der Waals surface area contributed by atoms with E-state index < -0.39 is 0 Å². The van der Waals surface area contributed by atoms with Crippen LogP contribution in [0.2, 0.25) is 0 Å². The molecule has 4 N–H and O–H groups in total. The van der Waals surface area contributed by atoms with Crippen molar-refractivity contribution in [1.82, 2.24) is 0 Å². The standard InChI is InChI=1S/C28H28N2O4/c1-3-13-33-19-9-5-17(6-10-19)21-15-23(29)26-25(27(21)31)24(30)16-22(28(26)32)18-7-11-20(12-8-18)34-14-4-2/h5-12,15-16H,3-4,13-14,29-30H2,1-2H3. The smallest absolute Gasteiger partial charge is 0.196 e. The fourth-order valence-corrected chi connectivity index (χ4v) is 3.96. The first-order chi connectivity index (χ1) is 16.4. The van der Waals surface area contributed by atoms with Gasteiger partial charge < -0.3 is 20.9 Å². The van der Waals surface area contributed by atoms with Crippen LogP contribution < -0.4 is 20.9 Å². The molecule has 0 spiro atoms. The van der Waals surface area contributed by atoms with E-state index in [2.05, 4.69) is 0 Å². The van der Waals surface area contributed by atoms with Gasteiger partial charge in [-0.25, -0.2) is 0 Å². The van der Waals surface area contributed by atoms with E-state index >= 15 is 0 Å². The molecule has 0 saturated carbocycles. The Labute approximate surface area is 199 Å². The van der Waals surface area contributed by atoms with E-state index in [0.29, 0.717) is 35.5 Å². The summed E-state index contributed by atoms with van der Waals surface area (Å²) >= 11 is 0. The molecular formula is C28H28N2O4. The SMILES string of the molecule is CCCOc1ccc(C2=CC(N)=C3C(=O)C(c4ccc(OCCC)cc4)=CC(N)=C3C2=O)cc1. The lowest BCUT2D eigenvalue weighted by Gasteiger charge is -2.25. The van der Waals surface area contributed by atoms with Crippen LogP contribution >= 0.6 is 0 Å². The molecule has 4 rings (SSSR count). The number of Topliss-reactive ketones (excluding diaryl/α,β-unsaturated/α-hetero) is 2. The summed E-state index contributed by atoms with van der Waals surface area (Å²) in [7, 11) is 0. The van der Waals surface area contributed by atoms with Gasteiger partial charge in [0, 0.05) is 22.5 Å². The van der Waals surface area contributed by atoms with Crippen molar-refractivity contribution in [3.63, 3.8) is 0 Å². The van der Waals surface area contributed by atoms with Crippen LogP contribution in [0, 0.1) is 0 Å². The molecule has 0 aliphatic heterocycles. The second-order valence-electron chi connectivity index (χ2n) is 8.18. The molecule has 0 radical (unpaired) electrons. The lowest BCUT2D eigenvalue weighted by Crippen LogP contribution is -2.28. The summed E-state index contributed by atoms with van der Waals surface area (Å²) in [5.41, 5.74) is 15.5. The Morgan fingerprint density at radius 3 is 1.29 bits per heavy atom. The van der Waals surface area contributed by atoms with Crippen LogP contribution in [-0.2, 0) is 9.59 Å².